The maximum absolute atomic E-state index is 10.9. The molecule has 0 aromatic heterocycles. The minimum absolute atomic E-state index is 0.164. The average molecular weight is 290 g/mol. The highest BCUT2D eigenvalue weighted by Crippen LogP contribution is 2.32. The van der Waals surface area contributed by atoms with Crippen LogP contribution in [0.1, 0.15) is 51.5 Å². The summed E-state index contributed by atoms with van der Waals surface area (Å²) in [6, 6.07) is 5.52. The highest BCUT2D eigenvalue weighted by molar-refractivity contribution is 5.57. The van der Waals surface area contributed by atoms with Crippen LogP contribution >= 0.6 is 0 Å². The normalized spacial score (nSPS) is 22.3. The molecule has 0 saturated heterocycles. The fourth-order valence-electron chi connectivity index (χ4n) is 3.40. The second-order valence-electron chi connectivity index (χ2n) is 6.76. The molecule has 116 valence electrons. The quantitative estimate of drug-likeness (QED) is 0.618. The standard InChI is InChI=1S/C17H26N2O2/c1-12(2)9-14-5-4-6-15(10-14)18-17-11-16(19(20)21)8-7-13(17)3/h7-8,11-12,14-15,18H,4-6,9-10H2,1-3H3. The fraction of sp³-hybridized carbons (Fsp3) is 0.647. The van der Waals surface area contributed by atoms with Crippen molar-refractivity contribution in [1.29, 1.82) is 0 Å². The molecule has 0 spiro atoms. The molecule has 0 aliphatic heterocycles. The van der Waals surface area contributed by atoms with Crippen molar-refractivity contribution in [2.75, 3.05) is 5.32 Å². The largest absolute Gasteiger partial charge is 0.382 e. The molecule has 4 nitrogen and oxygen atoms in total. The van der Waals surface area contributed by atoms with Crippen LogP contribution in [0.25, 0.3) is 0 Å². The zero-order valence-electron chi connectivity index (χ0n) is 13.3. The van der Waals surface area contributed by atoms with Crippen molar-refractivity contribution in [2.24, 2.45) is 11.8 Å². The Kier molecular flexibility index (Phi) is 5.21. The van der Waals surface area contributed by atoms with Gasteiger partial charge in [0.2, 0.25) is 0 Å². The van der Waals surface area contributed by atoms with Crippen LogP contribution < -0.4 is 5.32 Å². The molecule has 1 aromatic rings. The van der Waals surface area contributed by atoms with Crippen molar-refractivity contribution in [3.63, 3.8) is 0 Å². The van der Waals surface area contributed by atoms with E-state index in [4.69, 9.17) is 0 Å². The molecular weight excluding hydrogens is 264 g/mol. The van der Waals surface area contributed by atoms with Gasteiger partial charge < -0.3 is 5.32 Å². The van der Waals surface area contributed by atoms with Gasteiger partial charge in [-0.1, -0.05) is 32.8 Å². The molecule has 4 heteroatoms. The van der Waals surface area contributed by atoms with Gasteiger partial charge in [-0.05, 0) is 43.6 Å². The number of hydrogen-bond donors (Lipinski definition) is 1. The van der Waals surface area contributed by atoms with Crippen LogP contribution in [0.3, 0.4) is 0 Å². The van der Waals surface area contributed by atoms with E-state index in [1.54, 1.807) is 12.1 Å². The second-order valence-corrected chi connectivity index (χ2v) is 6.76. The van der Waals surface area contributed by atoms with Gasteiger partial charge in [0.1, 0.15) is 0 Å². The Morgan fingerprint density at radius 1 is 1.38 bits per heavy atom. The summed E-state index contributed by atoms with van der Waals surface area (Å²) in [5.74, 6) is 1.53. The molecule has 1 aliphatic carbocycles. The number of rotatable bonds is 5. The molecule has 0 bridgehead atoms. The van der Waals surface area contributed by atoms with Gasteiger partial charge in [0.25, 0.3) is 5.69 Å². The third-order valence-electron chi connectivity index (χ3n) is 4.38. The molecule has 0 heterocycles. The van der Waals surface area contributed by atoms with E-state index in [9.17, 15) is 10.1 Å². The highest BCUT2D eigenvalue weighted by Gasteiger charge is 2.23. The van der Waals surface area contributed by atoms with Gasteiger partial charge in [-0.2, -0.15) is 0 Å². The maximum Gasteiger partial charge on any atom is 0.271 e. The summed E-state index contributed by atoms with van der Waals surface area (Å²) in [6.07, 6.45) is 6.20. The highest BCUT2D eigenvalue weighted by atomic mass is 16.6. The first-order valence-corrected chi connectivity index (χ1v) is 7.97. The Hall–Kier alpha value is -1.58. The van der Waals surface area contributed by atoms with Gasteiger partial charge in [0.15, 0.2) is 0 Å². The number of nitro benzene ring substituents is 1. The van der Waals surface area contributed by atoms with Gasteiger partial charge in [0.05, 0.1) is 4.92 Å². The second kappa shape index (κ2) is 6.92. The molecule has 1 aliphatic rings. The Morgan fingerprint density at radius 2 is 2.14 bits per heavy atom. The molecule has 1 N–H and O–H groups in total. The summed E-state index contributed by atoms with van der Waals surface area (Å²) in [6.45, 7) is 6.56. The van der Waals surface area contributed by atoms with E-state index >= 15 is 0 Å². The molecule has 2 atom stereocenters. The topological polar surface area (TPSA) is 55.2 Å². The molecule has 1 aromatic carbocycles. The number of aryl methyl sites for hydroxylation is 1. The number of hydrogen-bond acceptors (Lipinski definition) is 3. The van der Waals surface area contributed by atoms with E-state index < -0.39 is 0 Å². The van der Waals surface area contributed by atoms with Gasteiger partial charge in [-0.25, -0.2) is 0 Å². The first-order chi connectivity index (χ1) is 9.95. The lowest BCUT2D eigenvalue weighted by Gasteiger charge is -2.31. The lowest BCUT2D eigenvalue weighted by molar-refractivity contribution is -0.384. The lowest BCUT2D eigenvalue weighted by atomic mass is 9.81. The number of nitrogens with one attached hydrogen (secondary N) is 1. The van der Waals surface area contributed by atoms with Gasteiger partial charge in [-0.3, -0.25) is 10.1 Å². The molecular formula is C17H26N2O2. The summed E-state index contributed by atoms with van der Waals surface area (Å²) in [7, 11) is 0. The first-order valence-electron chi connectivity index (χ1n) is 7.97. The number of nitro groups is 1. The van der Waals surface area contributed by atoms with Crippen molar-refractivity contribution < 1.29 is 4.92 Å². The Bertz CT molecular complexity index is 500. The summed E-state index contributed by atoms with van der Waals surface area (Å²) in [5.41, 5.74) is 2.16. The summed E-state index contributed by atoms with van der Waals surface area (Å²) in [5, 5.41) is 14.5. The molecule has 0 radical (unpaired) electrons. The van der Waals surface area contributed by atoms with Crippen LogP contribution in [0.2, 0.25) is 0 Å². The van der Waals surface area contributed by atoms with Crippen molar-refractivity contribution >= 4 is 11.4 Å². The maximum atomic E-state index is 10.9. The number of benzene rings is 1. The zero-order chi connectivity index (χ0) is 15.4. The van der Waals surface area contributed by atoms with Crippen molar-refractivity contribution in [1.82, 2.24) is 0 Å². The predicted molar refractivity (Wildman–Crippen MR) is 86.7 cm³/mol. The van der Waals surface area contributed by atoms with E-state index in [-0.39, 0.29) is 10.6 Å². The Morgan fingerprint density at radius 3 is 2.81 bits per heavy atom. The number of anilines is 1. The van der Waals surface area contributed by atoms with Crippen LogP contribution in [0.5, 0.6) is 0 Å². The van der Waals surface area contributed by atoms with Crippen LogP contribution in [0.4, 0.5) is 11.4 Å². The monoisotopic (exact) mass is 290 g/mol. The van der Waals surface area contributed by atoms with Gasteiger partial charge >= 0.3 is 0 Å². The van der Waals surface area contributed by atoms with Gasteiger partial charge in [-0.15, -0.1) is 0 Å². The van der Waals surface area contributed by atoms with Crippen LogP contribution in [0, 0.1) is 28.9 Å². The predicted octanol–water partition coefficient (Wildman–Crippen LogP) is 4.92. The van der Waals surface area contributed by atoms with Crippen molar-refractivity contribution in [3.8, 4) is 0 Å². The number of non-ortho nitro benzene ring substituents is 1. The molecule has 2 rings (SSSR count). The van der Waals surface area contributed by atoms with Crippen molar-refractivity contribution in [2.45, 2.75) is 58.9 Å². The summed E-state index contributed by atoms with van der Waals surface area (Å²) < 4.78 is 0. The Balaban J connectivity index is 2.03. The van der Waals surface area contributed by atoms with E-state index in [2.05, 4.69) is 19.2 Å². The molecule has 21 heavy (non-hydrogen) atoms. The molecule has 0 amide bonds. The summed E-state index contributed by atoms with van der Waals surface area (Å²) >= 11 is 0. The van der Waals surface area contributed by atoms with E-state index in [1.165, 1.54) is 25.7 Å². The summed E-state index contributed by atoms with van der Waals surface area (Å²) in [4.78, 5) is 10.6. The SMILES string of the molecule is Cc1ccc([N+](=O)[O-])cc1NC1CCCC(CC(C)C)C1. The van der Waals surface area contributed by atoms with Crippen LogP contribution in [-0.2, 0) is 0 Å². The Labute approximate surface area is 127 Å². The van der Waals surface area contributed by atoms with E-state index in [1.807, 2.05) is 13.0 Å². The molecule has 1 saturated carbocycles. The third kappa shape index (κ3) is 4.45. The minimum atomic E-state index is -0.326. The lowest BCUT2D eigenvalue weighted by Crippen LogP contribution is -2.28. The minimum Gasteiger partial charge on any atom is -0.382 e. The van der Waals surface area contributed by atoms with Crippen LogP contribution in [-0.4, -0.2) is 11.0 Å². The third-order valence-corrected chi connectivity index (χ3v) is 4.38. The van der Waals surface area contributed by atoms with Crippen LogP contribution in [0.15, 0.2) is 18.2 Å². The smallest absolute Gasteiger partial charge is 0.271 e. The van der Waals surface area contributed by atoms with E-state index in [0.29, 0.717) is 6.04 Å². The van der Waals surface area contributed by atoms with Crippen molar-refractivity contribution in [3.05, 3.63) is 33.9 Å². The van der Waals surface area contributed by atoms with E-state index in [0.717, 1.165) is 29.5 Å². The van der Waals surface area contributed by atoms with Gasteiger partial charge in [0, 0.05) is 23.9 Å². The average Bonchev–Trinajstić information content (AvgIpc) is 2.40. The molecule has 2 unspecified atom stereocenters. The molecule has 1 fully saturated rings. The number of nitrogens with zero attached hydrogens (tertiary/aromatic N) is 1. The first kappa shape index (κ1) is 15.8. The fourth-order valence-corrected chi connectivity index (χ4v) is 3.40. The zero-order valence-corrected chi connectivity index (χ0v) is 13.3.